The lowest BCUT2D eigenvalue weighted by Gasteiger charge is -2.07. The molecule has 0 bridgehead atoms. The first kappa shape index (κ1) is 10.7. The summed E-state index contributed by atoms with van der Waals surface area (Å²) in [6, 6.07) is 3.68. The van der Waals surface area contributed by atoms with E-state index in [2.05, 4.69) is 15.1 Å². The van der Waals surface area contributed by atoms with Gasteiger partial charge in [0.05, 0.1) is 5.69 Å². The average molecular weight is 233 g/mol. The van der Waals surface area contributed by atoms with Gasteiger partial charge in [0, 0.05) is 6.20 Å². The van der Waals surface area contributed by atoms with Gasteiger partial charge in [0.1, 0.15) is 22.3 Å². The standard InChI is InChI=1S/C10H11N5S/c1-6-13-7(2)15(14-6)8-4-3-5-12-9(8)10(11)16/h3-5H,1-2H3,(H2,11,16). The molecule has 0 aliphatic rings. The van der Waals surface area contributed by atoms with Crippen LogP contribution in [0.25, 0.3) is 5.69 Å². The third kappa shape index (κ3) is 1.79. The second kappa shape index (κ2) is 3.97. The number of rotatable bonds is 2. The van der Waals surface area contributed by atoms with Crippen LogP contribution in [0.15, 0.2) is 18.3 Å². The maximum Gasteiger partial charge on any atom is 0.148 e. The largest absolute Gasteiger partial charge is 0.388 e. The number of nitrogens with two attached hydrogens (primary N) is 1. The molecular weight excluding hydrogens is 222 g/mol. The summed E-state index contributed by atoms with van der Waals surface area (Å²) in [7, 11) is 0. The van der Waals surface area contributed by atoms with Gasteiger partial charge in [0.25, 0.3) is 0 Å². The molecule has 0 aliphatic heterocycles. The maximum absolute atomic E-state index is 5.62. The average Bonchev–Trinajstić information content (AvgIpc) is 2.57. The van der Waals surface area contributed by atoms with Crippen LogP contribution >= 0.6 is 12.2 Å². The number of hydrogen-bond acceptors (Lipinski definition) is 4. The van der Waals surface area contributed by atoms with Gasteiger partial charge >= 0.3 is 0 Å². The first-order chi connectivity index (χ1) is 7.59. The third-order valence-corrected chi connectivity index (χ3v) is 2.32. The lowest BCUT2D eigenvalue weighted by Crippen LogP contribution is -2.16. The van der Waals surface area contributed by atoms with Gasteiger partial charge in [0.2, 0.25) is 0 Å². The van der Waals surface area contributed by atoms with Gasteiger partial charge in [-0.15, -0.1) is 0 Å². The van der Waals surface area contributed by atoms with E-state index in [1.54, 1.807) is 10.9 Å². The Balaban J connectivity index is 2.64. The first-order valence-electron chi connectivity index (χ1n) is 4.75. The minimum atomic E-state index is 0.253. The number of aromatic nitrogens is 4. The van der Waals surface area contributed by atoms with E-state index in [0.717, 1.165) is 11.5 Å². The number of aryl methyl sites for hydroxylation is 2. The van der Waals surface area contributed by atoms with Gasteiger partial charge in [-0.3, -0.25) is 4.98 Å². The highest BCUT2D eigenvalue weighted by Gasteiger charge is 2.11. The van der Waals surface area contributed by atoms with Crippen molar-refractivity contribution < 1.29 is 0 Å². The summed E-state index contributed by atoms with van der Waals surface area (Å²) in [4.78, 5) is 8.63. The lowest BCUT2D eigenvalue weighted by atomic mass is 10.3. The Morgan fingerprint density at radius 3 is 2.75 bits per heavy atom. The van der Waals surface area contributed by atoms with E-state index in [1.807, 2.05) is 26.0 Å². The van der Waals surface area contributed by atoms with E-state index >= 15 is 0 Å². The van der Waals surface area contributed by atoms with Crippen LogP contribution in [0.5, 0.6) is 0 Å². The Morgan fingerprint density at radius 1 is 1.44 bits per heavy atom. The monoisotopic (exact) mass is 233 g/mol. The molecule has 0 saturated heterocycles. The van der Waals surface area contributed by atoms with E-state index in [9.17, 15) is 0 Å². The molecule has 2 N–H and O–H groups in total. The molecule has 0 saturated carbocycles. The third-order valence-electron chi connectivity index (χ3n) is 2.12. The molecule has 6 heteroatoms. The van der Waals surface area contributed by atoms with Gasteiger partial charge in [-0.1, -0.05) is 12.2 Å². The van der Waals surface area contributed by atoms with E-state index < -0.39 is 0 Å². The van der Waals surface area contributed by atoms with E-state index in [-0.39, 0.29) is 4.99 Å². The zero-order valence-corrected chi connectivity index (χ0v) is 9.82. The minimum Gasteiger partial charge on any atom is -0.388 e. The zero-order chi connectivity index (χ0) is 11.7. The van der Waals surface area contributed by atoms with Gasteiger partial charge in [-0.2, -0.15) is 5.10 Å². The van der Waals surface area contributed by atoms with Crippen molar-refractivity contribution in [1.82, 2.24) is 19.7 Å². The fraction of sp³-hybridized carbons (Fsp3) is 0.200. The Kier molecular flexibility index (Phi) is 2.66. The molecule has 0 unspecified atom stereocenters. The van der Waals surface area contributed by atoms with Crippen molar-refractivity contribution in [3.63, 3.8) is 0 Å². The molecule has 2 heterocycles. The summed E-state index contributed by atoms with van der Waals surface area (Å²) < 4.78 is 1.69. The number of thiocarbonyl (C=S) groups is 1. The van der Waals surface area contributed by atoms with Crippen LogP contribution in [0, 0.1) is 13.8 Å². The van der Waals surface area contributed by atoms with Crippen LogP contribution in [0.1, 0.15) is 17.3 Å². The topological polar surface area (TPSA) is 69.6 Å². The molecule has 0 atom stereocenters. The quantitative estimate of drug-likeness (QED) is 0.781. The molecule has 0 aliphatic carbocycles. The summed E-state index contributed by atoms with van der Waals surface area (Å²) in [6.07, 6.45) is 1.65. The van der Waals surface area contributed by atoms with Crippen LogP contribution in [0.4, 0.5) is 0 Å². The Bertz CT molecular complexity index is 546. The summed E-state index contributed by atoms with van der Waals surface area (Å²) >= 11 is 4.95. The second-order valence-corrected chi connectivity index (χ2v) is 3.79. The summed E-state index contributed by atoms with van der Waals surface area (Å²) in [5.41, 5.74) is 6.93. The van der Waals surface area contributed by atoms with E-state index in [4.69, 9.17) is 18.0 Å². The number of nitrogens with zero attached hydrogens (tertiary/aromatic N) is 4. The van der Waals surface area contributed by atoms with Gasteiger partial charge in [0.15, 0.2) is 0 Å². The van der Waals surface area contributed by atoms with Crippen molar-refractivity contribution in [2.45, 2.75) is 13.8 Å². The smallest absolute Gasteiger partial charge is 0.148 e. The van der Waals surface area contributed by atoms with Crippen LogP contribution in [-0.2, 0) is 0 Å². The zero-order valence-electron chi connectivity index (χ0n) is 9.01. The normalized spacial score (nSPS) is 10.4. The minimum absolute atomic E-state index is 0.253. The van der Waals surface area contributed by atoms with Crippen molar-refractivity contribution in [3.8, 4) is 5.69 Å². The van der Waals surface area contributed by atoms with Crippen LogP contribution < -0.4 is 5.73 Å². The van der Waals surface area contributed by atoms with Crippen molar-refractivity contribution in [1.29, 1.82) is 0 Å². The molecule has 0 radical (unpaired) electrons. The highest BCUT2D eigenvalue weighted by atomic mass is 32.1. The molecule has 16 heavy (non-hydrogen) atoms. The van der Waals surface area contributed by atoms with E-state index in [1.165, 1.54) is 0 Å². The molecule has 2 rings (SSSR count). The predicted molar refractivity (Wildman–Crippen MR) is 64.5 cm³/mol. The Morgan fingerprint density at radius 2 is 2.19 bits per heavy atom. The SMILES string of the molecule is Cc1nc(C)n(-c2cccnc2C(N)=S)n1. The van der Waals surface area contributed by atoms with Crippen molar-refractivity contribution in [2.24, 2.45) is 5.73 Å². The lowest BCUT2D eigenvalue weighted by molar-refractivity contribution is 0.824. The first-order valence-corrected chi connectivity index (χ1v) is 5.16. The van der Waals surface area contributed by atoms with Crippen molar-refractivity contribution >= 4 is 17.2 Å². The fourth-order valence-corrected chi connectivity index (χ4v) is 1.66. The predicted octanol–water partition coefficient (Wildman–Crippen LogP) is 0.913. The molecule has 0 amide bonds. The molecule has 2 aromatic heterocycles. The molecule has 0 aromatic carbocycles. The molecule has 2 aromatic rings. The molecule has 5 nitrogen and oxygen atoms in total. The van der Waals surface area contributed by atoms with Crippen molar-refractivity contribution in [2.75, 3.05) is 0 Å². The van der Waals surface area contributed by atoms with E-state index in [0.29, 0.717) is 11.5 Å². The van der Waals surface area contributed by atoms with Gasteiger partial charge in [-0.25, -0.2) is 9.67 Å². The fourth-order valence-electron chi connectivity index (χ4n) is 1.51. The Hall–Kier alpha value is -1.82. The maximum atomic E-state index is 5.62. The highest BCUT2D eigenvalue weighted by Crippen LogP contribution is 2.12. The second-order valence-electron chi connectivity index (χ2n) is 3.35. The summed E-state index contributed by atoms with van der Waals surface area (Å²) in [6.45, 7) is 3.71. The molecular formula is C10H11N5S. The highest BCUT2D eigenvalue weighted by molar-refractivity contribution is 7.80. The van der Waals surface area contributed by atoms with Crippen LogP contribution in [-0.4, -0.2) is 24.7 Å². The van der Waals surface area contributed by atoms with Crippen LogP contribution in [0.3, 0.4) is 0 Å². The van der Waals surface area contributed by atoms with Crippen molar-refractivity contribution in [3.05, 3.63) is 35.7 Å². The molecule has 0 spiro atoms. The summed E-state index contributed by atoms with van der Waals surface area (Å²) in [5, 5.41) is 4.27. The number of pyridine rings is 1. The molecule has 82 valence electrons. The van der Waals surface area contributed by atoms with Crippen LogP contribution in [0.2, 0.25) is 0 Å². The summed E-state index contributed by atoms with van der Waals surface area (Å²) in [5.74, 6) is 1.48. The number of hydrogen-bond donors (Lipinski definition) is 1. The van der Waals surface area contributed by atoms with Gasteiger partial charge < -0.3 is 5.73 Å². The Labute approximate surface area is 98.3 Å². The van der Waals surface area contributed by atoms with Gasteiger partial charge in [-0.05, 0) is 26.0 Å². The molecule has 0 fully saturated rings.